The van der Waals surface area contributed by atoms with Gasteiger partial charge in [0, 0.05) is 22.9 Å². The third kappa shape index (κ3) is 3.91. The van der Waals surface area contributed by atoms with Crippen LogP contribution in [-0.2, 0) is 6.54 Å². The van der Waals surface area contributed by atoms with E-state index in [0.717, 1.165) is 38.5 Å². The van der Waals surface area contributed by atoms with Crippen LogP contribution in [0.2, 0.25) is 0 Å². The highest BCUT2D eigenvalue weighted by atomic mass is 19.3. The fourth-order valence-corrected chi connectivity index (χ4v) is 4.33. The molecule has 4 nitrogen and oxygen atoms in total. The number of carbonyl (C=O) groups excluding carboxylic acids is 1. The minimum Gasteiger partial charge on any atom is -0.435 e. The predicted octanol–water partition coefficient (Wildman–Crippen LogP) is 6.21. The molecular formula is C27H20F2N2O2. The van der Waals surface area contributed by atoms with Crippen molar-refractivity contribution in [2.24, 2.45) is 5.73 Å². The maximum absolute atomic E-state index is 12.7. The Morgan fingerprint density at radius 2 is 1.64 bits per heavy atom. The normalized spacial score (nSPS) is 11.4. The molecule has 0 aliphatic rings. The highest BCUT2D eigenvalue weighted by Crippen LogP contribution is 2.35. The summed E-state index contributed by atoms with van der Waals surface area (Å²) >= 11 is 0. The molecule has 0 unspecified atom stereocenters. The maximum atomic E-state index is 12.7. The minimum atomic E-state index is -2.89. The van der Waals surface area contributed by atoms with E-state index in [2.05, 4.69) is 15.4 Å². The summed E-state index contributed by atoms with van der Waals surface area (Å²) in [6.07, 6.45) is 0. The molecule has 0 aliphatic carbocycles. The van der Waals surface area contributed by atoms with Gasteiger partial charge in [-0.15, -0.1) is 0 Å². The summed E-state index contributed by atoms with van der Waals surface area (Å²) in [6.45, 7) is -2.49. The number of aromatic nitrogens is 1. The van der Waals surface area contributed by atoms with E-state index < -0.39 is 12.5 Å². The van der Waals surface area contributed by atoms with Gasteiger partial charge in [-0.3, -0.25) is 4.79 Å². The Balaban J connectivity index is 1.73. The molecule has 0 bridgehead atoms. The summed E-state index contributed by atoms with van der Waals surface area (Å²) in [5, 5.41) is 1.68. The second-order valence-corrected chi connectivity index (χ2v) is 7.77. The second-order valence-electron chi connectivity index (χ2n) is 7.77. The van der Waals surface area contributed by atoms with E-state index in [1.807, 2.05) is 54.6 Å². The number of halogens is 2. The Morgan fingerprint density at radius 1 is 0.848 bits per heavy atom. The van der Waals surface area contributed by atoms with Gasteiger partial charge in [0.2, 0.25) is 5.91 Å². The van der Waals surface area contributed by atoms with Crippen LogP contribution >= 0.6 is 0 Å². The molecule has 0 radical (unpaired) electrons. The number of benzene rings is 4. The number of rotatable bonds is 6. The Kier molecular flexibility index (Phi) is 5.26. The van der Waals surface area contributed by atoms with E-state index in [4.69, 9.17) is 5.73 Å². The molecule has 1 heterocycles. The number of carbonyl (C=O) groups is 1. The van der Waals surface area contributed by atoms with Crippen LogP contribution in [0.1, 0.15) is 15.9 Å². The molecular weight excluding hydrogens is 422 g/mol. The first kappa shape index (κ1) is 20.7. The van der Waals surface area contributed by atoms with Gasteiger partial charge in [-0.25, -0.2) is 0 Å². The van der Waals surface area contributed by atoms with Gasteiger partial charge in [0.15, 0.2) is 0 Å². The van der Waals surface area contributed by atoms with Crippen molar-refractivity contribution in [1.82, 2.24) is 4.57 Å². The highest BCUT2D eigenvalue weighted by Gasteiger charge is 2.17. The van der Waals surface area contributed by atoms with Crippen molar-refractivity contribution in [1.29, 1.82) is 0 Å². The van der Waals surface area contributed by atoms with Crippen LogP contribution in [0.15, 0.2) is 91.0 Å². The lowest BCUT2D eigenvalue weighted by Crippen LogP contribution is -2.11. The quantitative estimate of drug-likeness (QED) is 0.340. The van der Waals surface area contributed by atoms with Crippen molar-refractivity contribution in [3.63, 3.8) is 0 Å². The first-order valence-electron chi connectivity index (χ1n) is 10.5. The van der Waals surface area contributed by atoms with Crippen molar-refractivity contribution in [2.75, 3.05) is 0 Å². The van der Waals surface area contributed by atoms with Crippen molar-refractivity contribution in [3.05, 3.63) is 102 Å². The van der Waals surface area contributed by atoms with Crippen LogP contribution in [0.25, 0.3) is 32.9 Å². The molecule has 6 heteroatoms. The zero-order valence-electron chi connectivity index (χ0n) is 17.5. The average molecular weight is 442 g/mol. The summed E-state index contributed by atoms with van der Waals surface area (Å²) < 4.78 is 32.0. The summed E-state index contributed by atoms with van der Waals surface area (Å²) in [5.74, 6) is -0.398. The van der Waals surface area contributed by atoms with Crippen molar-refractivity contribution in [3.8, 4) is 16.9 Å². The first-order valence-corrected chi connectivity index (χ1v) is 10.5. The van der Waals surface area contributed by atoms with E-state index in [9.17, 15) is 13.6 Å². The third-order valence-electron chi connectivity index (χ3n) is 5.73. The molecule has 0 aliphatic heterocycles. The smallest absolute Gasteiger partial charge is 0.387 e. The summed E-state index contributed by atoms with van der Waals surface area (Å²) in [7, 11) is 0. The maximum Gasteiger partial charge on any atom is 0.387 e. The number of alkyl halides is 2. The van der Waals surface area contributed by atoms with Crippen LogP contribution in [0.3, 0.4) is 0 Å². The highest BCUT2D eigenvalue weighted by molar-refractivity contribution is 6.18. The SMILES string of the molecule is NC(=O)c1cccc2c1c1ccc(-c3ccccc3)cc1n2Cc1cccc(OC(F)F)c1. The van der Waals surface area contributed by atoms with E-state index >= 15 is 0 Å². The van der Waals surface area contributed by atoms with Crippen LogP contribution in [0.5, 0.6) is 5.75 Å². The molecule has 1 amide bonds. The zero-order valence-corrected chi connectivity index (χ0v) is 17.5. The zero-order chi connectivity index (χ0) is 22.9. The molecule has 33 heavy (non-hydrogen) atoms. The van der Waals surface area contributed by atoms with Crippen LogP contribution in [-0.4, -0.2) is 17.1 Å². The largest absolute Gasteiger partial charge is 0.435 e. The second kappa shape index (κ2) is 8.39. The number of amides is 1. The number of nitrogens with two attached hydrogens (primary N) is 1. The van der Waals surface area contributed by atoms with Crippen molar-refractivity contribution >= 4 is 27.7 Å². The summed E-state index contributed by atoms with van der Waals surface area (Å²) in [5.41, 5.74) is 10.8. The van der Waals surface area contributed by atoms with Gasteiger partial charge in [0.25, 0.3) is 0 Å². The molecule has 0 fully saturated rings. The number of hydrogen-bond donors (Lipinski definition) is 1. The number of fused-ring (bicyclic) bond motifs is 3. The lowest BCUT2D eigenvalue weighted by molar-refractivity contribution is -0.0498. The topological polar surface area (TPSA) is 57.2 Å². The lowest BCUT2D eigenvalue weighted by atomic mass is 10.0. The molecule has 164 valence electrons. The fourth-order valence-electron chi connectivity index (χ4n) is 4.33. The van der Waals surface area contributed by atoms with Gasteiger partial charge >= 0.3 is 6.61 Å². The minimum absolute atomic E-state index is 0.103. The van der Waals surface area contributed by atoms with Gasteiger partial charge < -0.3 is 15.0 Å². The van der Waals surface area contributed by atoms with E-state index in [1.165, 1.54) is 6.07 Å². The van der Waals surface area contributed by atoms with Gasteiger partial charge in [0.05, 0.1) is 11.0 Å². The molecule has 0 saturated heterocycles. The predicted molar refractivity (Wildman–Crippen MR) is 126 cm³/mol. The van der Waals surface area contributed by atoms with Gasteiger partial charge in [0.1, 0.15) is 5.75 Å². The van der Waals surface area contributed by atoms with E-state index in [-0.39, 0.29) is 5.75 Å². The van der Waals surface area contributed by atoms with Crippen LogP contribution < -0.4 is 10.5 Å². The monoisotopic (exact) mass is 442 g/mol. The molecule has 5 rings (SSSR count). The fraction of sp³-hybridized carbons (Fsp3) is 0.0741. The van der Waals surface area contributed by atoms with Crippen LogP contribution in [0, 0.1) is 0 Å². The molecule has 5 aromatic rings. The molecule has 0 atom stereocenters. The van der Waals surface area contributed by atoms with Gasteiger partial charge in [-0.1, -0.05) is 60.7 Å². The Morgan fingerprint density at radius 3 is 2.39 bits per heavy atom. The first-order chi connectivity index (χ1) is 16.0. The molecule has 2 N–H and O–H groups in total. The number of hydrogen-bond acceptors (Lipinski definition) is 2. The number of nitrogens with zero attached hydrogens (tertiary/aromatic N) is 1. The third-order valence-corrected chi connectivity index (χ3v) is 5.73. The van der Waals surface area contributed by atoms with E-state index in [0.29, 0.717) is 12.1 Å². The van der Waals surface area contributed by atoms with Crippen molar-refractivity contribution < 1.29 is 18.3 Å². The van der Waals surface area contributed by atoms with Gasteiger partial charge in [-0.05, 0) is 47.0 Å². The average Bonchev–Trinajstić information content (AvgIpc) is 3.12. The van der Waals surface area contributed by atoms with Crippen LogP contribution in [0.4, 0.5) is 8.78 Å². The Bertz CT molecular complexity index is 1480. The molecule has 4 aromatic carbocycles. The summed E-state index contributed by atoms with van der Waals surface area (Å²) in [6, 6.07) is 28.2. The van der Waals surface area contributed by atoms with E-state index in [1.54, 1.807) is 24.3 Å². The number of ether oxygens (including phenoxy) is 1. The number of primary amides is 1. The van der Waals surface area contributed by atoms with Gasteiger partial charge in [-0.2, -0.15) is 8.78 Å². The molecule has 0 spiro atoms. The van der Waals surface area contributed by atoms with Crippen molar-refractivity contribution in [2.45, 2.75) is 13.2 Å². The molecule has 1 aromatic heterocycles. The lowest BCUT2D eigenvalue weighted by Gasteiger charge is -2.11. The standard InChI is InChI=1S/C27H20F2N2O2/c28-27(29)33-20-9-4-6-17(14-20)16-31-23-11-5-10-22(26(30)32)25(23)21-13-12-19(15-24(21)31)18-7-2-1-3-8-18/h1-15,27H,16H2,(H2,30,32). The Labute approximate surface area is 188 Å². The summed E-state index contributed by atoms with van der Waals surface area (Å²) in [4.78, 5) is 12.2. The Hall–Kier alpha value is -4.19. The molecule has 0 saturated carbocycles.